The van der Waals surface area contributed by atoms with Crippen molar-refractivity contribution < 1.29 is 4.79 Å². The lowest BCUT2D eigenvalue weighted by Gasteiger charge is -2.17. The van der Waals surface area contributed by atoms with Crippen LogP contribution in [0.2, 0.25) is 0 Å². The van der Waals surface area contributed by atoms with Crippen LogP contribution in [-0.4, -0.2) is 19.5 Å². The summed E-state index contributed by atoms with van der Waals surface area (Å²) in [5.74, 6) is -0.0324. The number of nitrogens with one attached hydrogen (secondary N) is 2. The lowest BCUT2D eigenvalue weighted by atomic mass is 10.0. The Morgan fingerprint density at radius 3 is 2.55 bits per heavy atom. The molecule has 0 heterocycles. The van der Waals surface area contributed by atoms with Crippen LogP contribution >= 0.6 is 15.9 Å². The number of carbonyl (C=O) groups excluding carboxylic acids is 1. The fourth-order valence-electron chi connectivity index (χ4n) is 2.40. The Hall–Kier alpha value is -1.65. The predicted octanol–water partition coefficient (Wildman–Crippen LogP) is 3.70. The van der Waals surface area contributed by atoms with E-state index in [2.05, 4.69) is 26.6 Å². The molecule has 1 amide bonds. The molecule has 0 radical (unpaired) electrons. The first-order valence-electron chi connectivity index (χ1n) is 7.41. The van der Waals surface area contributed by atoms with Gasteiger partial charge in [0.1, 0.15) is 0 Å². The van der Waals surface area contributed by atoms with Crippen LogP contribution in [0.5, 0.6) is 0 Å². The summed E-state index contributed by atoms with van der Waals surface area (Å²) in [5.41, 5.74) is 2.88. The van der Waals surface area contributed by atoms with Crippen molar-refractivity contribution in [3.63, 3.8) is 0 Å². The van der Waals surface area contributed by atoms with Gasteiger partial charge in [-0.3, -0.25) is 4.79 Å². The summed E-state index contributed by atoms with van der Waals surface area (Å²) in [5, 5.41) is 6.20. The molecular weight excluding hydrogens is 340 g/mol. The van der Waals surface area contributed by atoms with Crippen molar-refractivity contribution in [1.29, 1.82) is 0 Å². The molecule has 0 aliphatic carbocycles. The molecule has 2 aromatic carbocycles. The Bertz CT molecular complexity index is 642. The maximum absolute atomic E-state index is 12.6. The third-order valence-electron chi connectivity index (χ3n) is 3.63. The molecule has 0 bridgehead atoms. The second-order valence-electron chi connectivity index (χ2n) is 5.23. The van der Waals surface area contributed by atoms with Gasteiger partial charge in [0.15, 0.2) is 0 Å². The minimum atomic E-state index is -0.0552. The molecule has 4 heteroatoms. The molecule has 0 spiro atoms. The van der Waals surface area contributed by atoms with Crippen LogP contribution in [0.25, 0.3) is 0 Å². The van der Waals surface area contributed by atoms with Gasteiger partial charge in [0.2, 0.25) is 0 Å². The van der Waals surface area contributed by atoms with Crippen molar-refractivity contribution in [2.75, 3.05) is 13.6 Å². The lowest BCUT2D eigenvalue weighted by Crippen LogP contribution is -2.28. The molecule has 0 aliphatic rings. The van der Waals surface area contributed by atoms with Crippen LogP contribution in [0, 0.1) is 0 Å². The molecule has 2 rings (SSSR count). The molecule has 0 aliphatic heterocycles. The van der Waals surface area contributed by atoms with Crippen molar-refractivity contribution in [3.05, 3.63) is 69.7 Å². The van der Waals surface area contributed by atoms with E-state index in [1.807, 2.05) is 62.5 Å². The smallest absolute Gasteiger partial charge is 0.252 e. The first-order chi connectivity index (χ1) is 10.6. The quantitative estimate of drug-likeness (QED) is 0.824. The van der Waals surface area contributed by atoms with Crippen LogP contribution in [0.4, 0.5) is 0 Å². The number of hydrogen-bond donors (Lipinski definition) is 2. The topological polar surface area (TPSA) is 41.1 Å². The van der Waals surface area contributed by atoms with Gasteiger partial charge < -0.3 is 10.6 Å². The van der Waals surface area contributed by atoms with E-state index >= 15 is 0 Å². The molecule has 0 fully saturated rings. The zero-order valence-corrected chi connectivity index (χ0v) is 14.5. The highest BCUT2D eigenvalue weighted by molar-refractivity contribution is 9.10. The zero-order chi connectivity index (χ0) is 15.9. The van der Waals surface area contributed by atoms with Gasteiger partial charge in [0.25, 0.3) is 5.91 Å². The van der Waals surface area contributed by atoms with E-state index in [4.69, 9.17) is 0 Å². The van der Waals surface area contributed by atoms with E-state index in [1.54, 1.807) is 0 Å². The van der Waals surface area contributed by atoms with E-state index in [1.165, 1.54) is 0 Å². The summed E-state index contributed by atoms with van der Waals surface area (Å²) in [6, 6.07) is 15.7. The largest absolute Gasteiger partial charge is 0.345 e. The minimum Gasteiger partial charge on any atom is -0.345 e. The monoisotopic (exact) mass is 360 g/mol. The molecule has 2 aromatic rings. The first-order valence-corrected chi connectivity index (χ1v) is 8.20. The van der Waals surface area contributed by atoms with Crippen LogP contribution in [0.3, 0.4) is 0 Å². The van der Waals surface area contributed by atoms with Gasteiger partial charge >= 0.3 is 0 Å². The van der Waals surface area contributed by atoms with Crippen molar-refractivity contribution in [2.24, 2.45) is 0 Å². The summed E-state index contributed by atoms with van der Waals surface area (Å²) in [6.07, 6.45) is 0.837. The van der Waals surface area contributed by atoms with Gasteiger partial charge in [-0.2, -0.15) is 0 Å². The van der Waals surface area contributed by atoms with Crippen molar-refractivity contribution in [3.8, 4) is 0 Å². The maximum atomic E-state index is 12.6. The van der Waals surface area contributed by atoms with E-state index in [9.17, 15) is 4.79 Å². The SMILES string of the molecule is CNCCc1ccccc1C(=O)NC(C)c1ccccc1Br. The van der Waals surface area contributed by atoms with Crippen LogP contribution in [0.15, 0.2) is 53.0 Å². The van der Waals surface area contributed by atoms with Gasteiger partial charge in [-0.25, -0.2) is 0 Å². The van der Waals surface area contributed by atoms with Gasteiger partial charge in [0, 0.05) is 10.0 Å². The summed E-state index contributed by atoms with van der Waals surface area (Å²) >= 11 is 3.53. The number of halogens is 1. The Labute approximate surface area is 140 Å². The summed E-state index contributed by atoms with van der Waals surface area (Å²) in [6.45, 7) is 2.85. The Morgan fingerprint density at radius 1 is 1.14 bits per heavy atom. The number of amides is 1. The fourth-order valence-corrected chi connectivity index (χ4v) is 3.03. The summed E-state index contributed by atoms with van der Waals surface area (Å²) < 4.78 is 1.01. The Balaban J connectivity index is 2.14. The normalized spacial score (nSPS) is 12.0. The van der Waals surface area contributed by atoms with Gasteiger partial charge in [-0.05, 0) is 50.2 Å². The molecule has 1 unspecified atom stereocenters. The molecule has 3 nitrogen and oxygen atoms in total. The summed E-state index contributed by atoms with van der Waals surface area (Å²) in [4.78, 5) is 12.6. The fraction of sp³-hybridized carbons (Fsp3) is 0.278. The highest BCUT2D eigenvalue weighted by Gasteiger charge is 2.15. The second-order valence-corrected chi connectivity index (χ2v) is 6.08. The molecule has 1 atom stereocenters. The van der Waals surface area contributed by atoms with Crippen molar-refractivity contribution in [2.45, 2.75) is 19.4 Å². The third kappa shape index (κ3) is 4.18. The number of hydrogen-bond acceptors (Lipinski definition) is 2. The number of carbonyl (C=O) groups is 1. The number of likely N-dealkylation sites (N-methyl/N-ethyl adjacent to an activating group) is 1. The Kier molecular flexibility index (Phi) is 6.16. The average Bonchev–Trinajstić information content (AvgIpc) is 2.53. The van der Waals surface area contributed by atoms with Gasteiger partial charge in [-0.1, -0.05) is 52.3 Å². The van der Waals surface area contributed by atoms with Crippen LogP contribution in [-0.2, 0) is 6.42 Å². The molecule has 22 heavy (non-hydrogen) atoms. The lowest BCUT2D eigenvalue weighted by molar-refractivity contribution is 0.0939. The average molecular weight is 361 g/mol. The van der Waals surface area contributed by atoms with Crippen LogP contribution in [0.1, 0.15) is 34.5 Å². The zero-order valence-electron chi connectivity index (χ0n) is 12.9. The van der Waals surface area contributed by atoms with E-state index < -0.39 is 0 Å². The Morgan fingerprint density at radius 2 is 1.82 bits per heavy atom. The first kappa shape index (κ1) is 16.7. The van der Waals surface area contributed by atoms with Crippen LogP contribution < -0.4 is 10.6 Å². The third-order valence-corrected chi connectivity index (χ3v) is 4.35. The molecule has 116 valence electrons. The predicted molar refractivity (Wildman–Crippen MR) is 94.1 cm³/mol. The van der Waals surface area contributed by atoms with Crippen molar-refractivity contribution in [1.82, 2.24) is 10.6 Å². The van der Waals surface area contributed by atoms with Gasteiger partial charge in [0.05, 0.1) is 6.04 Å². The second kappa shape index (κ2) is 8.11. The van der Waals surface area contributed by atoms with E-state index in [0.29, 0.717) is 0 Å². The molecule has 0 aromatic heterocycles. The minimum absolute atomic E-state index is 0.0324. The maximum Gasteiger partial charge on any atom is 0.252 e. The van der Waals surface area contributed by atoms with Crippen molar-refractivity contribution >= 4 is 21.8 Å². The molecule has 2 N–H and O–H groups in total. The highest BCUT2D eigenvalue weighted by atomic mass is 79.9. The van der Waals surface area contributed by atoms with E-state index in [-0.39, 0.29) is 11.9 Å². The summed E-state index contributed by atoms with van der Waals surface area (Å²) in [7, 11) is 1.91. The molecule has 0 saturated heterocycles. The standard InChI is InChI=1S/C18H21BrN2O/c1-13(15-8-5-6-10-17(15)19)21-18(22)16-9-4-3-7-14(16)11-12-20-2/h3-10,13,20H,11-12H2,1-2H3,(H,21,22). The highest BCUT2D eigenvalue weighted by Crippen LogP contribution is 2.23. The number of rotatable bonds is 6. The molecular formula is C18H21BrN2O. The van der Waals surface area contributed by atoms with Gasteiger partial charge in [-0.15, -0.1) is 0 Å². The van der Waals surface area contributed by atoms with E-state index in [0.717, 1.165) is 34.1 Å². The number of benzene rings is 2. The molecule has 0 saturated carbocycles.